The summed E-state index contributed by atoms with van der Waals surface area (Å²) in [4.78, 5) is 1.45. The Balaban J connectivity index is 1.99. The van der Waals surface area contributed by atoms with Crippen molar-refractivity contribution in [2.45, 2.75) is 30.7 Å². The summed E-state index contributed by atoms with van der Waals surface area (Å²) in [6.45, 7) is 5.41. The summed E-state index contributed by atoms with van der Waals surface area (Å²) in [5, 5.41) is 3.71. The second kappa shape index (κ2) is 6.02. The molecule has 2 heteroatoms. The normalized spacial score (nSPS) is 18.8. The highest BCUT2D eigenvalue weighted by Gasteiger charge is 2.31. The molecule has 0 saturated carbocycles. The zero-order valence-corrected chi connectivity index (χ0v) is 12.9. The predicted octanol–water partition coefficient (Wildman–Crippen LogP) is 4.54. The lowest BCUT2D eigenvalue weighted by Gasteiger charge is -2.26. The van der Waals surface area contributed by atoms with Crippen molar-refractivity contribution >= 4 is 11.8 Å². The number of thioether (sulfide) groups is 1. The van der Waals surface area contributed by atoms with Crippen molar-refractivity contribution in [3.05, 3.63) is 65.2 Å². The van der Waals surface area contributed by atoms with Crippen LogP contribution in [0.3, 0.4) is 0 Å². The fourth-order valence-corrected chi connectivity index (χ4v) is 4.38. The van der Waals surface area contributed by atoms with Crippen LogP contribution in [0.2, 0.25) is 0 Å². The van der Waals surface area contributed by atoms with E-state index in [2.05, 4.69) is 67.7 Å². The summed E-state index contributed by atoms with van der Waals surface area (Å²) in [6, 6.07) is 18.0. The quantitative estimate of drug-likeness (QED) is 0.884. The van der Waals surface area contributed by atoms with E-state index in [1.54, 1.807) is 0 Å². The van der Waals surface area contributed by atoms with Crippen molar-refractivity contribution in [1.82, 2.24) is 5.32 Å². The topological polar surface area (TPSA) is 12.0 Å². The second-order valence-corrected chi connectivity index (χ2v) is 6.41. The summed E-state index contributed by atoms with van der Waals surface area (Å²) in [5.41, 5.74) is 4.33. The van der Waals surface area contributed by atoms with E-state index in [-0.39, 0.29) is 0 Å². The Hall–Kier alpha value is -1.25. The third kappa shape index (κ3) is 2.50. The van der Waals surface area contributed by atoms with E-state index < -0.39 is 0 Å². The van der Waals surface area contributed by atoms with Crippen molar-refractivity contribution in [2.24, 2.45) is 0 Å². The van der Waals surface area contributed by atoms with E-state index in [1.165, 1.54) is 27.3 Å². The minimum absolute atomic E-state index is 0.414. The highest BCUT2D eigenvalue weighted by atomic mass is 32.2. The van der Waals surface area contributed by atoms with Gasteiger partial charge in [0.1, 0.15) is 0 Å². The predicted molar refractivity (Wildman–Crippen MR) is 87.5 cm³/mol. The lowest BCUT2D eigenvalue weighted by Crippen LogP contribution is -2.27. The minimum Gasteiger partial charge on any atom is -0.310 e. The molecule has 0 saturated heterocycles. The van der Waals surface area contributed by atoms with Gasteiger partial charge in [0, 0.05) is 22.6 Å². The van der Waals surface area contributed by atoms with Gasteiger partial charge in [-0.05, 0) is 36.2 Å². The van der Waals surface area contributed by atoms with Crippen molar-refractivity contribution < 1.29 is 0 Å². The van der Waals surface area contributed by atoms with Gasteiger partial charge in [-0.15, -0.1) is 11.8 Å². The van der Waals surface area contributed by atoms with Crippen LogP contribution in [0.25, 0.3) is 0 Å². The van der Waals surface area contributed by atoms with E-state index in [9.17, 15) is 0 Å². The molecule has 0 aliphatic carbocycles. The van der Waals surface area contributed by atoms with E-state index in [0.717, 1.165) is 6.54 Å². The molecular formula is C18H21NS. The smallest absolute Gasteiger partial charge is 0.0400 e. The van der Waals surface area contributed by atoms with Gasteiger partial charge in [0.05, 0.1) is 0 Å². The molecule has 2 atom stereocenters. The van der Waals surface area contributed by atoms with Crippen LogP contribution in [0.4, 0.5) is 0 Å². The molecule has 1 heterocycles. The number of benzene rings is 2. The first-order valence-electron chi connectivity index (χ1n) is 7.32. The largest absolute Gasteiger partial charge is 0.310 e. The van der Waals surface area contributed by atoms with Crippen LogP contribution in [0.1, 0.15) is 35.6 Å². The maximum atomic E-state index is 3.71. The summed E-state index contributed by atoms with van der Waals surface area (Å²) in [5.74, 6) is 1.74. The Morgan fingerprint density at radius 3 is 2.70 bits per heavy atom. The molecule has 2 aromatic carbocycles. The highest BCUT2D eigenvalue weighted by Crippen LogP contribution is 2.45. The third-order valence-electron chi connectivity index (χ3n) is 4.09. The fraction of sp³-hybridized carbons (Fsp3) is 0.333. The molecule has 1 N–H and O–H groups in total. The molecule has 1 aliphatic heterocycles. The van der Waals surface area contributed by atoms with Gasteiger partial charge in [0.25, 0.3) is 0 Å². The van der Waals surface area contributed by atoms with Crippen LogP contribution in [0.15, 0.2) is 53.4 Å². The molecule has 1 aliphatic rings. The number of nitrogens with one attached hydrogen (secondary N) is 1. The number of fused-ring (bicyclic) bond motifs is 1. The second-order valence-electron chi connectivity index (χ2n) is 5.35. The third-order valence-corrected chi connectivity index (χ3v) is 5.30. The molecule has 0 radical (unpaired) electrons. The van der Waals surface area contributed by atoms with Gasteiger partial charge in [-0.3, -0.25) is 0 Å². The maximum Gasteiger partial charge on any atom is 0.0400 e. The van der Waals surface area contributed by atoms with Crippen molar-refractivity contribution in [3.63, 3.8) is 0 Å². The van der Waals surface area contributed by atoms with Crippen LogP contribution in [0.5, 0.6) is 0 Å². The molecular weight excluding hydrogens is 262 g/mol. The summed E-state index contributed by atoms with van der Waals surface area (Å²) in [6.07, 6.45) is 0. The molecule has 2 aromatic rings. The number of likely N-dealkylation sites (N-methyl/N-ethyl adjacent to an activating group) is 1. The minimum atomic E-state index is 0.414. The Kier molecular flexibility index (Phi) is 4.13. The first-order chi connectivity index (χ1) is 9.81. The van der Waals surface area contributed by atoms with E-state index in [4.69, 9.17) is 0 Å². The molecule has 0 fully saturated rings. The number of rotatable bonds is 4. The lowest BCUT2D eigenvalue weighted by atomic mass is 9.86. The Labute approximate surface area is 125 Å². The Morgan fingerprint density at radius 2 is 1.90 bits per heavy atom. The summed E-state index contributed by atoms with van der Waals surface area (Å²) in [7, 11) is 0. The zero-order valence-electron chi connectivity index (χ0n) is 12.1. The number of hydrogen-bond acceptors (Lipinski definition) is 2. The molecule has 2 unspecified atom stereocenters. The monoisotopic (exact) mass is 283 g/mol. The molecule has 0 aromatic heterocycles. The zero-order chi connectivity index (χ0) is 13.9. The summed E-state index contributed by atoms with van der Waals surface area (Å²) < 4.78 is 0. The number of aryl methyl sites for hydroxylation is 1. The standard InChI is InChI=1S/C18H21NS/c1-3-19-18(14-9-5-4-8-13(14)2)16-12-20-17-11-7-6-10-15(16)17/h4-11,16,18-19H,3,12H2,1-2H3. The maximum absolute atomic E-state index is 3.71. The molecule has 0 bridgehead atoms. The van der Waals surface area contributed by atoms with Crippen LogP contribution >= 0.6 is 11.8 Å². The van der Waals surface area contributed by atoms with Gasteiger partial charge in [-0.1, -0.05) is 49.4 Å². The van der Waals surface area contributed by atoms with Crippen LogP contribution in [-0.4, -0.2) is 12.3 Å². The average Bonchev–Trinajstić information content (AvgIpc) is 2.90. The van der Waals surface area contributed by atoms with Crippen LogP contribution in [0, 0.1) is 6.92 Å². The first-order valence-corrected chi connectivity index (χ1v) is 8.30. The van der Waals surface area contributed by atoms with Crippen molar-refractivity contribution in [3.8, 4) is 0 Å². The van der Waals surface area contributed by atoms with E-state index in [0.29, 0.717) is 12.0 Å². The molecule has 3 rings (SSSR count). The first kappa shape index (κ1) is 13.7. The van der Waals surface area contributed by atoms with E-state index >= 15 is 0 Å². The van der Waals surface area contributed by atoms with Crippen LogP contribution < -0.4 is 5.32 Å². The average molecular weight is 283 g/mol. The summed E-state index contributed by atoms with van der Waals surface area (Å²) >= 11 is 1.99. The molecule has 20 heavy (non-hydrogen) atoms. The Morgan fingerprint density at radius 1 is 1.15 bits per heavy atom. The highest BCUT2D eigenvalue weighted by molar-refractivity contribution is 7.99. The van der Waals surface area contributed by atoms with Gasteiger partial charge in [0.15, 0.2) is 0 Å². The van der Waals surface area contributed by atoms with Crippen molar-refractivity contribution in [1.29, 1.82) is 0 Å². The van der Waals surface area contributed by atoms with Crippen LogP contribution in [-0.2, 0) is 0 Å². The molecule has 104 valence electrons. The Bertz CT molecular complexity index is 593. The molecule has 0 spiro atoms. The van der Waals surface area contributed by atoms with Gasteiger partial charge >= 0.3 is 0 Å². The fourth-order valence-electron chi connectivity index (χ4n) is 3.09. The molecule has 1 nitrogen and oxygen atoms in total. The number of hydrogen-bond donors (Lipinski definition) is 1. The van der Waals surface area contributed by atoms with Gasteiger partial charge in [-0.2, -0.15) is 0 Å². The van der Waals surface area contributed by atoms with Gasteiger partial charge < -0.3 is 5.32 Å². The molecule has 0 amide bonds. The lowest BCUT2D eigenvalue weighted by molar-refractivity contribution is 0.483. The van der Waals surface area contributed by atoms with E-state index in [1.807, 2.05) is 11.8 Å². The van der Waals surface area contributed by atoms with Crippen molar-refractivity contribution in [2.75, 3.05) is 12.3 Å². The SMILES string of the molecule is CCNC(c1ccccc1C)C1CSc2ccccc21. The van der Waals surface area contributed by atoms with Gasteiger partial charge in [0.2, 0.25) is 0 Å². The van der Waals surface area contributed by atoms with Gasteiger partial charge in [-0.25, -0.2) is 0 Å².